The molecule has 10 heteroatoms. The predicted molar refractivity (Wildman–Crippen MR) is 109 cm³/mol. The average Bonchev–Trinajstić information content (AvgIpc) is 3.00. The van der Waals surface area contributed by atoms with Crippen LogP contribution < -0.4 is 4.74 Å². The molecule has 2 aromatic carbocycles. The number of ether oxygens (including phenoxy) is 2. The Bertz CT molecular complexity index is 1020. The van der Waals surface area contributed by atoms with Gasteiger partial charge in [0.25, 0.3) is 16.8 Å². The van der Waals surface area contributed by atoms with E-state index in [0.29, 0.717) is 11.3 Å². The molecule has 30 heavy (non-hydrogen) atoms. The molecule has 1 fully saturated rings. The van der Waals surface area contributed by atoms with Crippen molar-refractivity contribution in [1.82, 2.24) is 4.90 Å². The number of benzene rings is 2. The lowest BCUT2D eigenvalue weighted by Gasteiger charge is -2.09. The van der Waals surface area contributed by atoms with Crippen LogP contribution in [-0.2, 0) is 20.9 Å². The van der Waals surface area contributed by atoms with E-state index in [-0.39, 0.29) is 17.2 Å². The molecule has 9 nitrogen and oxygen atoms in total. The summed E-state index contributed by atoms with van der Waals surface area (Å²) in [7, 11) is 1.18. The fraction of sp³-hybridized carbons (Fsp3) is 0.150. The quantitative estimate of drug-likeness (QED) is 0.285. The molecule has 2 aromatic rings. The van der Waals surface area contributed by atoms with Gasteiger partial charge in [0.15, 0.2) is 0 Å². The molecule has 0 N–H and O–H groups in total. The van der Waals surface area contributed by atoms with E-state index in [2.05, 4.69) is 4.74 Å². The van der Waals surface area contributed by atoms with Crippen LogP contribution in [-0.4, -0.2) is 40.6 Å². The number of methoxy groups -OCH3 is 1. The van der Waals surface area contributed by atoms with E-state index in [4.69, 9.17) is 4.74 Å². The van der Waals surface area contributed by atoms with Crippen LogP contribution in [0.25, 0.3) is 6.08 Å². The lowest BCUT2D eigenvalue weighted by Crippen LogP contribution is -2.34. The minimum atomic E-state index is -0.673. The number of hydrogen-bond donors (Lipinski definition) is 0. The lowest BCUT2D eigenvalue weighted by molar-refractivity contribution is -0.384. The molecule has 0 bridgehead atoms. The van der Waals surface area contributed by atoms with Crippen LogP contribution in [0.1, 0.15) is 11.1 Å². The molecule has 0 radical (unpaired) electrons. The standard InChI is InChI=1S/C20H16N2O7S/c1-28-18(23)11-21-19(24)17(30-20(21)25)10-13-4-8-16(9-5-13)29-12-14-2-6-15(7-3-14)22(26)27/h2-10H,11-12H2,1H3/b17-10-. The number of carbonyl (C=O) groups excluding carboxylic acids is 3. The minimum absolute atomic E-state index is 0.0131. The van der Waals surface area contributed by atoms with Crippen molar-refractivity contribution < 1.29 is 28.8 Å². The Balaban J connectivity index is 1.61. The van der Waals surface area contributed by atoms with Gasteiger partial charge in [-0.15, -0.1) is 0 Å². The smallest absolute Gasteiger partial charge is 0.325 e. The van der Waals surface area contributed by atoms with Gasteiger partial charge in [0.1, 0.15) is 18.9 Å². The predicted octanol–water partition coefficient (Wildman–Crippen LogP) is 3.38. The number of amides is 2. The van der Waals surface area contributed by atoms with E-state index in [1.807, 2.05) is 0 Å². The zero-order valence-corrected chi connectivity index (χ0v) is 16.6. The summed E-state index contributed by atoms with van der Waals surface area (Å²) in [5.74, 6) is -0.647. The highest BCUT2D eigenvalue weighted by molar-refractivity contribution is 8.18. The normalized spacial score (nSPS) is 14.8. The van der Waals surface area contributed by atoms with E-state index < -0.39 is 28.6 Å². The van der Waals surface area contributed by atoms with Crippen LogP contribution >= 0.6 is 11.8 Å². The van der Waals surface area contributed by atoms with Crippen LogP contribution in [0.2, 0.25) is 0 Å². The molecular formula is C20H16N2O7S. The van der Waals surface area contributed by atoms with E-state index in [9.17, 15) is 24.5 Å². The van der Waals surface area contributed by atoms with Gasteiger partial charge in [0, 0.05) is 12.1 Å². The SMILES string of the molecule is COC(=O)CN1C(=O)S/C(=C\c2ccc(OCc3ccc([N+](=O)[O-])cc3)cc2)C1=O. The molecule has 0 spiro atoms. The Morgan fingerprint density at radius 3 is 2.40 bits per heavy atom. The number of thioether (sulfide) groups is 1. The molecule has 0 aromatic heterocycles. The van der Waals surface area contributed by atoms with Crippen LogP contribution in [0.3, 0.4) is 0 Å². The van der Waals surface area contributed by atoms with Gasteiger partial charge in [0.2, 0.25) is 0 Å². The van der Waals surface area contributed by atoms with Crippen molar-refractivity contribution in [3.05, 3.63) is 74.7 Å². The molecule has 1 aliphatic rings. The number of nitro groups is 1. The third-order valence-electron chi connectivity index (χ3n) is 4.12. The summed E-state index contributed by atoms with van der Waals surface area (Å²) in [5, 5.41) is 10.1. The molecule has 1 heterocycles. The first kappa shape index (κ1) is 21.1. The summed E-state index contributed by atoms with van der Waals surface area (Å²) in [6, 6.07) is 12.9. The number of imide groups is 1. The van der Waals surface area contributed by atoms with Crippen molar-refractivity contribution in [2.45, 2.75) is 6.61 Å². The fourth-order valence-corrected chi connectivity index (χ4v) is 3.36. The molecule has 0 aliphatic carbocycles. The minimum Gasteiger partial charge on any atom is -0.489 e. The van der Waals surface area contributed by atoms with E-state index >= 15 is 0 Å². The summed E-state index contributed by atoms with van der Waals surface area (Å²) < 4.78 is 10.1. The summed E-state index contributed by atoms with van der Waals surface area (Å²) in [5.41, 5.74) is 1.48. The number of rotatable bonds is 7. The van der Waals surface area contributed by atoms with Gasteiger partial charge in [-0.1, -0.05) is 12.1 Å². The summed E-state index contributed by atoms with van der Waals surface area (Å²) in [6.07, 6.45) is 1.56. The molecule has 0 saturated carbocycles. The molecule has 3 rings (SSSR count). The van der Waals surface area contributed by atoms with Gasteiger partial charge in [-0.25, -0.2) is 0 Å². The van der Waals surface area contributed by atoms with Crippen molar-refractivity contribution in [2.75, 3.05) is 13.7 Å². The third kappa shape index (κ3) is 5.03. The fourth-order valence-electron chi connectivity index (χ4n) is 2.52. The first-order valence-electron chi connectivity index (χ1n) is 8.66. The Morgan fingerprint density at radius 2 is 1.80 bits per heavy atom. The van der Waals surface area contributed by atoms with Crippen LogP contribution in [0.4, 0.5) is 10.5 Å². The second-order valence-electron chi connectivity index (χ2n) is 6.13. The number of nitro benzene ring substituents is 1. The van der Waals surface area contributed by atoms with Crippen LogP contribution in [0, 0.1) is 10.1 Å². The zero-order chi connectivity index (χ0) is 21.7. The average molecular weight is 428 g/mol. The monoisotopic (exact) mass is 428 g/mol. The summed E-state index contributed by atoms with van der Waals surface area (Å²) in [6.45, 7) is -0.183. The highest BCUT2D eigenvalue weighted by Gasteiger charge is 2.36. The first-order chi connectivity index (χ1) is 14.4. The molecular weight excluding hydrogens is 412 g/mol. The maximum atomic E-state index is 12.3. The lowest BCUT2D eigenvalue weighted by atomic mass is 10.2. The van der Waals surface area contributed by atoms with Gasteiger partial charge in [-0.3, -0.25) is 29.4 Å². The van der Waals surface area contributed by atoms with Crippen molar-refractivity contribution >= 4 is 40.6 Å². The van der Waals surface area contributed by atoms with Gasteiger partial charge < -0.3 is 9.47 Å². The zero-order valence-electron chi connectivity index (χ0n) is 15.8. The molecule has 154 valence electrons. The Hall–Kier alpha value is -3.66. The maximum Gasteiger partial charge on any atom is 0.325 e. The van der Waals surface area contributed by atoms with Crippen molar-refractivity contribution in [1.29, 1.82) is 0 Å². The highest BCUT2D eigenvalue weighted by Crippen LogP contribution is 2.32. The number of non-ortho nitro benzene ring substituents is 1. The van der Waals surface area contributed by atoms with Crippen molar-refractivity contribution in [3.8, 4) is 5.75 Å². The summed E-state index contributed by atoms with van der Waals surface area (Å²) >= 11 is 0.756. The number of nitrogens with zero attached hydrogens (tertiary/aromatic N) is 2. The van der Waals surface area contributed by atoms with E-state index in [0.717, 1.165) is 22.2 Å². The van der Waals surface area contributed by atoms with Gasteiger partial charge >= 0.3 is 5.97 Å². The second kappa shape index (κ2) is 9.23. The van der Waals surface area contributed by atoms with Gasteiger partial charge in [-0.05, 0) is 53.2 Å². The van der Waals surface area contributed by atoms with Crippen LogP contribution in [0.15, 0.2) is 53.4 Å². The van der Waals surface area contributed by atoms with Crippen molar-refractivity contribution in [3.63, 3.8) is 0 Å². The molecule has 1 aliphatic heterocycles. The number of carbonyl (C=O) groups is 3. The van der Waals surface area contributed by atoms with Gasteiger partial charge in [0.05, 0.1) is 16.9 Å². The van der Waals surface area contributed by atoms with Crippen molar-refractivity contribution in [2.24, 2.45) is 0 Å². The number of esters is 1. The second-order valence-corrected chi connectivity index (χ2v) is 7.12. The molecule has 0 atom stereocenters. The largest absolute Gasteiger partial charge is 0.489 e. The molecule has 2 amide bonds. The third-order valence-corrected chi connectivity index (χ3v) is 5.03. The topological polar surface area (TPSA) is 116 Å². The maximum absolute atomic E-state index is 12.3. The Kier molecular flexibility index (Phi) is 6.48. The van der Waals surface area contributed by atoms with E-state index in [1.54, 1.807) is 42.5 Å². The van der Waals surface area contributed by atoms with Gasteiger partial charge in [-0.2, -0.15) is 0 Å². The summed E-state index contributed by atoms with van der Waals surface area (Å²) in [4.78, 5) is 46.8. The van der Waals surface area contributed by atoms with Crippen LogP contribution in [0.5, 0.6) is 5.75 Å². The Morgan fingerprint density at radius 1 is 1.13 bits per heavy atom. The number of hydrogen-bond acceptors (Lipinski definition) is 8. The molecule has 1 saturated heterocycles. The first-order valence-corrected chi connectivity index (χ1v) is 9.47. The highest BCUT2D eigenvalue weighted by atomic mass is 32.2. The Labute approximate surface area is 175 Å². The van der Waals surface area contributed by atoms with E-state index in [1.165, 1.54) is 19.2 Å². The molecule has 0 unspecified atom stereocenters.